The highest BCUT2D eigenvalue weighted by atomic mass is 32.2. The topological polar surface area (TPSA) is 116 Å². The third-order valence-electron chi connectivity index (χ3n) is 8.96. The molecule has 0 bridgehead atoms. The fourth-order valence-corrected chi connectivity index (χ4v) is 8.60. The van der Waals surface area contributed by atoms with E-state index in [1.807, 2.05) is 29.2 Å². The van der Waals surface area contributed by atoms with E-state index in [4.69, 9.17) is 9.72 Å². The number of amides is 1. The number of alkyl halides is 3. The van der Waals surface area contributed by atoms with Gasteiger partial charge in [0.05, 0.1) is 41.3 Å². The molecule has 2 unspecified atom stereocenters. The van der Waals surface area contributed by atoms with E-state index in [1.54, 1.807) is 4.90 Å². The van der Waals surface area contributed by atoms with E-state index < -0.39 is 33.6 Å². The van der Waals surface area contributed by atoms with Crippen LogP contribution in [0.15, 0.2) is 24.3 Å². The average Bonchev–Trinajstić information content (AvgIpc) is 3.63. The highest BCUT2D eigenvalue weighted by Crippen LogP contribution is 2.47. The minimum atomic E-state index is -4.49. The van der Waals surface area contributed by atoms with Crippen LogP contribution in [0.4, 0.5) is 24.0 Å². The number of hydrogen-bond donors (Lipinski definition) is 1. The molecule has 232 valence electrons. The van der Waals surface area contributed by atoms with Crippen LogP contribution >= 0.6 is 11.3 Å². The van der Waals surface area contributed by atoms with Gasteiger partial charge in [0.2, 0.25) is 5.91 Å². The molecule has 2 saturated heterocycles. The van der Waals surface area contributed by atoms with Crippen LogP contribution in [0.5, 0.6) is 0 Å². The summed E-state index contributed by atoms with van der Waals surface area (Å²) in [6.45, 7) is 0.677. The summed E-state index contributed by atoms with van der Waals surface area (Å²) in [6.07, 6.45) is -2.00. The molecule has 3 atom stereocenters. The van der Waals surface area contributed by atoms with Gasteiger partial charge in [-0.3, -0.25) is 4.79 Å². The molecule has 1 aromatic heterocycles. The van der Waals surface area contributed by atoms with Crippen molar-refractivity contribution < 1.29 is 31.1 Å². The molecule has 2 aliphatic carbocycles. The summed E-state index contributed by atoms with van der Waals surface area (Å²) in [4.78, 5) is 22.9. The molecular weight excluding hydrogens is 603 g/mol. The first kappa shape index (κ1) is 30.1. The Hall–Kier alpha value is -2.89. The van der Waals surface area contributed by atoms with Gasteiger partial charge in [-0.15, -0.1) is 0 Å². The number of sulfone groups is 1. The fraction of sp³-hybridized carbons (Fsp3) is 0.621. The van der Waals surface area contributed by atoms with Gasteiger partial charge >= 0.3 is 6.18 Å². The molecule has 1 aromatic carbocycles. The molecule has 14 heteroatoms. The van der Waals surface area contributed by atoms with E-state index in [0.717, 1.165) is 29.0 Å². The lowest BCUT2D eigenvalue weighted by molar-refractivity contribution is -0.221. The van der Waals surface area contributed by atoms with Crippen LogP contribution in [0.25, 0.3) is 10.4 Å². The van der Waals surface area contributed by atoms with Crippen molar-refractivity contribution in [2.24, 2.45) is 5.92 Å². The zero-order valence-corrected chi connectivity index (χ0v) is 25.2. The summed E-state index contributed by atoms with van der Waals surface area (Å²) in [5.41, 5.74) is 1.65. The summed E-state index contributed by atoms with van der Waals surface area (Å²) >= 11 is 1.33. The molecule has 3 heterocycles. The molecule has 1 amide bonds. The number of rotatable bonds is 6. The van der Waals surface area contributed by atoms with Crippen molar-refractivity contribution in [1.82, 2.24) is 10.3 Å². The maximum absolute atomic E-state index is 13.5. The van der Waals surface area contributed by atoms with Crippen molar-refractivity contribution in [2.75, 3.05) is 54.1 Å². The second-order valence-electron chi connectivity index (χ2n) is 11.9. The summed E-state index contributed by atoms with van der Waals surface area (Å²) in [7, 11) is -3.02. The number of aromatic nitrogens is 1. The quantitative estimate of drug-likeness (QED) is 0.500. The van der Waals surface area contributed by atoms with Crippen molar-refractivity contribution >= 4 is 37.9 Å². The lowest BCUT2D eigenvalue weighted by atomic mass is 9.76. The van der Waals surface area contributed by atoms with Crippen LogP contribution in [-0.4, -0.2) is 81.4 Å². The van der Waals surface area contributed by atoms with E-state index in [2.05, 4.69) is 11.4 Å². The molecular formula is C29H34F3N5O4S2. The van der Waals surface area contributed by atoms with Crippen LogP contribution in [0.1, 0.15) is 50.1 Å². The molecule has 9 nitrogen and oxygen atoms in total. The number of carbonyl (C=O) groups excluding carboxylic acids is 1. The summed E-state index contributed by atoms with van der Waals surface area (Å²) in [5.74, 6) is -0.588. The van der Waals surface area contributed by atoms with Crippen LogP contribution < -0.4 is 15.1 Å². The Kier molecular flexibility index (Phi) is 8.10. The molecule has 43 heavy (non-hydrogen) atoms. The van der Waals surface area contributed by atoms with E-state index in [1.165, 1.54) is 11.3 Å². The highest BCUT2D eigenvalue weighted by Gasteiger charge is 2.48. The van der Waals surface area contributed by atoms with Crippen LogP contribution in [-0.2, 0) is 19.4 Å². The Morgan fingerprint density at radius 2 is 1.79 bits per heavy atom. The smallest absolute Gasteiger partial charge is 0.369 e. The molecule has 4 aliphatic rings. The molecule has 1 N–H and O–H groups in total. The van der Waals surface area contributed by atoms with Crippen LogP contribution in [0.2, 0.25) is 0 Å². The molecule has 4 fully saturated rings. The fourth-order valence-electron chi connectivity index (χ4n) is 6.22. The monoisotopic (exact) mass is 637 g/mol. The largest absolute Gasteiger partial charge is 0.416 e. The number of thiazole rings is 1. The Labute approximate surface area is 252 Å². The van der Waals surface area contributed by atoms with Crippen molar-refractivity contribution in [1.29, 1.82) is 5.26 Å². The number of nitrogens with one attached hydrogen (secondary N) is 1. The van der Waals surface area contributed by atoms with Gasteiger partial charge in [0.1, 0.15) is 5.54 Å². The lowest BCUT2D eigenvalue weighted by Crippen LogP contribution is -2.49. The molecule has 6 rings (SSSR count). The van der Waals surface area contributed by atoms with Crippen LogP contribution in [0.3, 0.4) is 0 Å². The summed E-state index contributed by atoms with van der Waals surface area (Å²) < 4.78 is 69.4. The first-order valence-corrected chi connectivity index (χ1v) is 17.3. The van der Waals surface area contributed by atoms with Gasteiger partial charge in [0.15, 0.2) is 21.1 Å². The molecule has 2 saturated carbocycles. The number of anilines is 2. The minimum Gasteiger partial charge on any atom is -0.369 e. The van der Waals surface area contributed by atoms with Gasteiger partial charge in [0.25, 0.3) is 0 Å². The number of benzene rings is 1. The Bertz CT molecular complexity index is 1490. The zero-order chi connectivity index (χ0) is 30.4. The number of ether oxygens (including phenoxy) is 1. The standard InChI is InChI=1S/C29H34F3N5O4S2/c30-29(31,32)23-17-37(11-14-41-23)27-34-24(21-3-1-2-4-22(21)26(38)35-28(18-33)9-10-28)25(42-27)19-5-7-20(8-6-19)36-12-15-43(39,40)16-13-36/h5-8,21-23H,1-4,9-17H2,(H,35,38)/t21?,22?,23-/m1/s1. The van der Waals surface area contributed by atoms with E-state index >= 15 is 0 Å². The average molecular weight is 638 g/mol. The van der Waals surface area contributed by atoms with Crippen LogP contribution in [0, 0.1) is 17.2 Å². The number of nitrogens with zero attached hydrogens (tertiary/aromatic N) is 4. The van der Waals surface area contributed by atoms with E-state index in [9.17, 15) is 31.6 Å². The van der Waals surface area contributed by atoms with Crippen molar-refractivity contribution in [3.63, 3.8) is 0 Å². The van der Waals surface area contributed by atoms with E-state index in [-0.39, 0.29) is 43.0 Å². The molecule has 0 spiro atoms. The second-order valence-corrected chi connectivity index (χ2v) is 15.2. The molecule has 0 radical (unpaired) electrons. The van der Waals surface area contributed by atoms with E-state index in [0.29, 0.717) is 49.6 Å². The first-order chi connectivity index (χ1) is 20.5. The Morgan fingerprint density at radius 1 is 1.09 bits per heavy atom. The van der Waals surface area contributed by atoms with Gasteiger partial charge in [0, 0.05) is 37.2 Å². The maximum Gasteiger partial charge on any atom is 0.416 e. The van der Waals surface area contributed by atoms with Crippen molar-refractivity contribution in [2.45, 2.75) is 62.3 Å². The second kappa shape index (κ2) is 11.6. The SMILES string of the molecule is N#CC1(NC(=O)C2CCCCC2c2nc(N3CCO[C@@H](C(F)(F)F)C3)sc2-c2ccc(N3CCS(=O)(=O)CC3)cc2)CC1. The first-order valence-electron chi connectivity index (χ1n) is 14.7. The van der Waals surface area contributed by atoms with Gasteiger partial charge in [-0.05, 0) is 43.4 Å². The van der Waals surface area contributed by atoms with Gasteiger partial charge in [-0.2, -0.15) is 18.4 Å². The maximum atomic E-state index is 13.5. The number of nitriles is 1. The third-order valence-corrected chi connectivity index (χ3v) is 11.8. The minimum absolute atomic E-state index is 0.0701. The number of morpholine rings is 1. The highest BCUT2D eigenvalue weighted by molar-refractivity contribution is 7.91. The number of hydrogen-bond acceptors (Lipinski definition) is 9. The zero-order valence-electron chi connectivity index (χ0n) is 23.6. The summed E-state index contributed by atoms with van der Waals surface area (Å²) in [5, 5.41) is 13.0. The number of carbonyl (C=O) groups is 1. The normalized spacial score (nSPS) is 26.9. The Morgan fingerprint density at radius 3 is 2.44 bits per heavy atom. The Balaban J connectivity index is 1.33. The molecule has 2 aromatic rings. The van der Waals surface area contributed by atoms with Crippen molar-refractivity contribution in [3.8, 4) is 16.5 Å². The summed E-state index contributed by atoms with van der Waals surface area (Å²) in [6, 6.07) is 9.95. The van der Waals surface area contributed by atoms with Crippen molar-refractivity contribution in [3.05, 3.63) is 30.0 Å². The van der Waals surface area contributed by atoms with Gasteiger partial charge in [-0.1, -0.05) is 36.3 Å². The van der Waals surface area contributed by atoms with Gasteiger partial charge < -0.3 is 19.9 Å². The predicted octanol–water partition coefficient (Wildman–Crippen LogP) is 4.26. The lowest BCUT2D eigenvalue weighted by Gasteiger charge is -2.33. The number of halogens is 3. The molecule has 2 aliphatic heterocycles. The third kappa shape index (κ3) is 6.49. The van der Waals surface area contributed by atoms with Gasteiger partial charge in [-0.25, -0.2) is 13.4 Å². The predicted molar refractivity (Wildman–Crippen MR) is 157 cm³/mol.